The highest BCUT2D eigenvalue weighted by atomic mass is 32.2. The number of hydrogen-bond donors (Lipinski definition) is 1. The second kappa shape index (κ2) is 9.97. The first-order valence-electron chi connectivity index (χ1n) is 10.5. The van der Waals surface area contributed by atoms with Crippen molar-refractivity contribution < 1.29 is 26.4 Å². The molecule has 1 aliphatic heterocycles. The van der Waals surface area contributed by atoms with E-state index in [0.717, 1.165) is 31.0 Å². The molecule has 11 heteroatoms. The number of sulfonamides is 1. The third kappa shape index (κ3) is 6.15. The Bertz CT molecular complexity index is 1130. The average Bonchev–Trinajstić information content (AvgIpc) is 3.24. The fraction of sp³-hybridized carbons (Fsp3) is 0.455. The highest BCUT2D eigenvalue weighted by Crippen LogP contribution is 2.30. The van der Waals surface area contributed by atoms with Gasteiger partial charge in [-0.05, 0) is 55.5 Å². The normalized spacial score (nSPS) is 16.4. The van der Waals surface area contributed by atoms with Gasteiger partial charge in [0.05, 0.1) is 10.5 Å². The summed E-state index contributed by atoms with van der Waals surface area (Å²) in [5.41, 5.74) is -0.738. The molecule has 0 radical (unpaired) electrons. The lowest BCUT2D eigenvalue weighted by Crippen LogP contribution is -2.50. The summed E-state index contributed by atoms with van der Waals surface area (Å²) in [5, 5.41) is 9.19. The Kier molecular flexibility index (Phi) is 7.49. The lowest BCUT2D eigenvalue weighted by atomic mass is 9.98. The molecule has 1 aliphatic rings. The molecule has 2 heterocycles. The molecule has 33 heavy (non-hydrogen) atoms. The van der Waals surface area contributed by atoms with Crippen LogP contribution in [0.4, 0.5) is 13.2 Å². The minimum atomic E-state index is -4.70. The number of amides is 1. The van der Waals surface area contributed by atoms with Gasteiger partial charge in [-0.3, -0.25) is 4.79 Å². The number of piperidine rings is 1. The molecule has 1 aromatic heterocycles. The van der Waals surface area contributed by atoms with Crippen molar-refractivity contribution >= 4 is 15.9 Å². The second-order valence-corrected chi connectivity index (χ2v) is 9.91. The van der Waals surface area contributed by atoms with Gasteiger partial charge in [0.2, 0.25) is 15.9 Å². The minimum absolute atomic E-state index is 0.0342. The Balaban J connectivity index is 1.85. The SMILES string of the molecule is CC1CCN(C(=O)C(CCn2cccc2C#N)NS(=O)(=O)c2cccc(C(F)(F)F)c2)CC1. The molecule has 178 valence electrons. The quantitative estimate of drug-likeness (QED) is 0.655. The van der Waals surface area contributed by atoms with Crippen LogP contribution in [0.1, 0.15) is 37.4 Å². The van der Waals surface area contributed by atoms with Crippen LogP contribution in [0.2, 0.25) is 0 Å². The van der Waals surface area contributed by atoms with Crippen molar-refractivity contribution in [2.24, 2.45) is 5.92 Å². The number of carbonyl (C=O) groups excluding carboxylic acids is 1. The van der Waals surface area contributed by atoms with Gasteiger partial charge in [-0.15, -0.1) is 0 Å². The van der Waals surface area contributed by atoms with Crippen LogP contribution in [0.3, 0.4) is 0 Å². The number of alkyl halides is 3. The molecule has 2 aromatic rings. The fourth-order valence-corrected chi connectivity index (χ4v) is 5.03. The van der Waals surface area contributed by atoms with E-state index >= 15 is 0 Å². The van der Waals surface area contributed by atoms with Crippen molar-refractivity contribution in [3.05, 3.63) is 53.9 Å². The number of nitriles is 1. The summed E-state index contributed by atoms with van der Waals surface area (Å²) in [6.07, 6.45) is -1.45. The molecule has 0 aliphatic carbocycles. The van der Waals surface area contributed by atoms with E-state index in [0.29, 0.717) is 30.8 Å². The van der Waals surface area contributed by atoms with E-state index in [9.17, 15) is 31.6 Å². The number of carbonyl (C=O) groups is 1. The molecule has 1 fully saturated rings. The highest BCUT2D eigenvalue weighted by Gasteiger charge is 2.34. The second-order valence-electron chi connectivity index (χ2n) is 8.19. The Hall–Kier alpha value is -2.84. The Morgan fingerprint density at radius 3 is 2.58 bits per heavy atom. The van der Waals surface area contributed by atoms with Crippen molar-refractivity contribution in [2.45, 2.75) is 49.8 Å². The zero-order valence-electron chi connectivity index (χ0n) is 18.0. The van der Waals surface area contributed by atoms with Crippen LogP contribution < -0.4 is 4.72 Å². The van der Waals surface area contributed by atoms with Crippen LogP contribution in [0.15, 0.2) is 47.5 Å². The van der Waals surface area contributed by atoms with E-state index in [2.05, 4.69) is 11.6 Å². The summed E-state index contributed by atoms with van der Waals surface area (Å²) in [6, 6.07) is 7.48. The van der Waals surface area contributed by atoms with Gasteiger partial charge in [0.1, 0.15) is 17.8 Å². The van der Waals surface area contributed by atoms with Crippen molar-refractivity contribution in [2.75, 3.05) is 13.1 Å². The lowest BCUT2D eigenvalue weighted by molar-refractivity contribution is -0.138. The first-order chi connectivity index (χ1) is 15.5. The maximum Gasteiger partial charge on any atom is 0.416 e. The van der Waals surface area contributed by atoms with Gasteiger partial charge in [0.25, 0.3) is 0 Å². The maximum atomic E-state index is 13.2. The van der Waals surface area contributed by atoms with Gasteiger partial charge in [-0.2, -0.15) is 23.2 Å². The fourth-order valence-electron chi connectivity index (χ4n) is 3.76. The number of aryl methyl sites for hydroxylation is 1. The summed E-state index contributed by atoms with van der Waals surface area (Å²) in [5.74, 6) is 0.0236. The molecule has 3 rings (SSSR count). The van der Waals surface area contributed by atoms with Crippen molar-refractivity contribution in [1.29, 1.82) is 5.26 Å². The average molecular weight is 483 g/mol. The molecule has 1 amide bonds. The molecule has 0 saturated carbocycles. The van der Waals surface area contributed by atoms with Crippen molar-refractivity contribution in [3.8, 4) is 6.07 Å². The molecule has 0 spiro atoms. The topological polar surface area (TPSA) is 95.2 Å². The smallest absolute Gasteiger partial charge is 0.341 e. The standard InChI is InChI=1S/C22H25F3N4O3S/c1-16-7-11-29(12-8-16)21(30)20(9-13-28-10-3-5-18(28)15-26)27-33(31,32)19-6-2-4-17(14-19)22(23,24)25/h2-6,10,14,16,20,27H,7-9,11-13H2,1H3. The van der Waals surface area contributed by atoms with Gasteiger partial charge in [0.15, 0.2) is 0 Å². The van der Waals surface area contributed by atoms with Crippen molar-refractivity contribution in [3.63, 3.8) is 0 Å². The summed E-state index contributed by atoms with van der Waals surface area (Å²) in [4.78, 5) is 14.2. The van der Waals surface area contributed by atoms with E-state index in [-0.39, 0.29) is 13.0 Å². The summed E-state index contributed by atoms with van der Waals surface area (Å²) in [7, 11) is -4.42. The van der Waals surface area contributed by atoms with Crippen LogP contribution in [-0.4, -0.2) is 42.9 Å². The maximum absolute atomic E-state index is 13.2. The summed E-state index contributed by atoms with van der Waals surface area (Å²) < 4.78 is 69.0. The predicted molar refractivity (Wildman–Crippen MR) is 114 cm³/mol. The molecular weight excluding hydrogens is 457 g/mol. The number of benzene rings is 1. The van der Waals surface area contributed by atoms with Gasteiger partial charge >= 0.3 is 6.18 Å². The van der Waals surface area contributed by atoms with Crippen LogP contribution in [-0.2, 0) is 27.5 Å². The van der Waals surface area contributed by atoms with E-state index in [4.69, 9.17) is 0 Å². The van der Waals surface area contributed by atoms with Crippen molar-refractivity contribution in [1.82, 2.24) is 14.2 Å². The van der Waals surface area contributed by atoms with Gasteiger partial charge in [-0.25, -0.2) is 8.42 Å². The van der Waals surface area contributed by atoms with Crippen LogP contribution in [0, 0.1) is 17.2 Å². The molecule has 1 unspecified atom stereocenters. The predicted octanol–water partition coefficient (Wildman–Crippen LogP) is 3.37. The van der Waals surface area contributed by atoms with E-state index in [1.54, 1.807) is 27.8 Å². The van der Waals surface area contributed by atoms with E-state index in [1.807, 2.05) is 6.07 Å². The number of likely N-dealkylation sites (tertiary alicyclic amines) is 1. The zero-order valence-corrected chi connectivity index (χ0v) is 18.9. The highest BCUT2D eigenvalue weighted by molar-refractivity contribution is 7.89. The van der Waals surface area contributed by atoms with Gasteiger partial charge in [-0.1, -0.05) is 13.0 Å². The minimum Gasteiger partial charge on any atom is -0.341 e. The monoisotopic (exact) mass is 482 g/mol. The molecule has 1 N–H and O–H groups in total. The number of halogens is 3. The number of hydrogen-bond acceptors (Lipinski definition) is 4. The molecular formula is C22H25F3N4O3S. The molecule has 7 nitrogen and oxygen atoms in total. The number of rotatable bonds is 7. The summed E-state index contributed by atoms with van der Waals surface area (Å²) in [6.45, 7) is 3.22. The molecule has 0 bridgehead atoms. The molecule has 1 aromatic carbocycles. The first kappa shape index (κ1) is 24.8. The van der Waals surface area contributed by atoms with Gasteiger partial charge in [0, 0.05) is 25.8 Å². The largest absolute Gasteiger partial charge is 0.416 e. The number of nitrogens with one attached hydrogen (secondary N) is 1. The number of nitrogens with zero attached hydrogens (tertiary/aromatic N) is 3. The first-order valence-corrected chi connectivity index (χ1v) is 12.0. The third-order valence-electron chi connectivity index (χ3n) is 5.77. The molecule has 1 saturated heterocycles. The molecule has 1 atom stereocenters. The van der Waals surface area contributed by atoms with Crippen LogP contribution >= 0.6 is 0 Å². The Morgan fingerprint density at radius 2 is 1.94 bits per heavy atom. The van der Waals surface area contributed by atoms with E-state index in [1.165, 1.54) is 0 Å². The van der Waals surface area contributed by atoms with E-state index < -0.39 is 38.6 Å². The number of aromatic nitrogens is 1. The van der Waals surface area contributed by atoms with Gasteiger partial charge < -0.3 is 9.47 Å². The summed E-state index contributed by atoms with van der Waals surface area (Å²) >= 11 is 0. The van der Waals surface area contributed by atoms with Crippen LogP contribution in [0.5, 0.6) is 0 Å². The Morgan fingerprint density at radius 1 is 1.24 bits per heavy atom. The third-order valence-corrected chi connectivity index (χ3v) is 7.23. The Labute approximate surface area is 190 Å². The van der Waals surface area contributed by atoms with Crippen LogP contribution in [0.25, 0.3) is 0 Å². The zero-order chi connectivity index (χ0) is 24.2. The lowest BCUT2D eigenvalue weighted by Gasteiger charge is -2.33.